The fourth-order valence-electron chi connectivity index (χ4n) is 1.91. The number of alkyl halides is 5. The van der Waals surface area contributed by atoms with E-state index in [0.717, 1.165) is 7.11 Å². The lowest BCUT2D eigenvalue weighted by atomic mass is 9.96. The predicted molar refractivity (Wildman–Crippen MR) is 71.8 cm³/mol. The molecule has 0 saturated heterocycles. The second-order valence-corrected chi connectivity index (χ2v) is 5.69. The maximum absolute atomic E-state index is 13.1. The van der Waals surface area contributed by atoms with Crippen molar-refractivity contribution in [3.8, 4) is 0 Å². The first-order chi connectivity index (χ1) is 10.0. The molecular formula is C13H13BrF5NO2. The van der Waals surface area contributed by atoms with Gasteiger partial charge in [-0.15, -0.1) is 0 Å². The van der Waals surface area contributed by atoms with Gasteiger partial charge in [0.15, 0.2) is 5.69 Å². The van der Waals surface area contributed by atoms with E-state index in [0.29, 0.717) is 0 Å². The van der Waals surface area contributed by atoms with Crippen LogP contribution in [0.5, 0.6) is 0 Å². The summed E-state index contributed by atoms with van der Waals surface area (Å²) in [5, 5.41) is 0. The van der Waals surface area contributed by atoms with E-state index in [1.54, 1.807) is 13.8 Å². The maximum atomic E-state index is 13.1. The van der Waals surface area contributed by atoms with Gasteiger partial charge in [0.25, 0.3) is 6.43 Å². The molecule has 9 heteroatoms. The van der Waals surface area contributed by atoms with Crippen molar-refractivity contribution < 1.29 is 31.5 Å². The third-order valence-electron chi connectivity index (χ3n) is 2.74. The normalized spacial score (nSPS) is 12.1. The highest BCUT2D eigenvalue weighted by Crippen LogP contribution is 2.40. The topological polar surface area (TPSA) is 39.2 Å². The van der Waals surface area contributed by atoms with Crippen molar-refractivity contribution in [1.29, 1.82) is 0 Å². The third-order valence-corrected chi connectivity index (χ3v) is 3.59. The molecule has 3 nitrogen and oxygen atoms in total. The molecular weight excluding hydrogens is 377 g/mol. The van der Waals surface area contributed by atoms with Gasteiger partial charge in [-0.05, 0) is 33.8 Å². The van der Waals surface area contributed by atoms with Crippen LogP contribution in [0.2, 0.25) is 0 Å². The van der Waals surface area contributed by atoms with E-state index in [2.05, 4.69) is 25.7 Å². The summed E-state index contributed by atoms with van der Waals surface area (Å²) in [6, 6.07) is 0. The van der Waals surface area contributed by atoms with Gasteiger partial charge in [-0.2, -0.15) is 13.2 Å². The third kappa shape index (κ3) is 3.93. The average Bonchev–Trinajstić information content (AvgIpc) is 2.37. The van der Waals surface area contributed by atoms with E-state index in [1.807, 2.05) is 0 Å². The summed E-state index contributed by atoms with van der Waals surface area (Å²) in [5.74, 6) is -1.32. The molecule has 1 heterocycles. The van der Waals surface area contributed by atoms with Crippen LogP contribution in [-0.2, 0) is 17.3 Å². The molecule has 0 atom stereocenters. The number of halogens is 6. The Kier molecular flexibility index (Phi) is 5.89. The van der Waals surface area contributed by atoms with E-state index in [1.165, 1.54) is 0 Å². The van der Waals surface area contributed by atoms with Crippen LogP contribution < -0.4 is 0 Å². The number of ether oxygens (including phenoxy) is 1. The summed E-state index contributed by atoms with van der Waals surface area (Å²) in [7, 11) is 0.961. The molecule has 0 amide bonds. The van der Waals surface area contributed by atoms with Crippen LogP contribution in [0, 0.1) is 5.92 Å². The predicted octanol–water partition coefficient (Wildman–Crippen LogP) is 4.79. The van der Waals surface area contributed by atoms with E-state index >= 15 is 0 Å². The number of pyridine rings is 1. The van der Waals surface area contributed by atoms with E-state index in [4.69, 9.17) is 0 Å². The molecule has 0 radical (unpaired) electrons. The number of aromatic nitrogens is 1. The lowest BCUT2D eigenvalue weighted by Gasteiger charge is -2.19. The first kappa shape index (κ1) is 18.8. The average molecular weight is 390 g/mol. The molecule has 0 aliphatic rings. The number of carbonyl (C=O) groups is 1. The van der Waals surface area contributed by atoms with Crippen LogP contribution in [-0.4, -0.2) is 18.1 Å². The number of nitrogens with zero attached hydrogens (tertiary/aromatic N) is 1. The minimum Gasteiger partial charge on any atom is -0.465 e. The van der Waals surface area contributed by atoms with Gasteiger partial charge in [-0.1, -0.05) is 13.8 Å². The number of esters is 1. The molecule has 0 N–H and O–H groups in total. The van der Waals surface area contributed by atoms with Gasteiger partial charge in [0, 0.05) is 0 Å². The van der Waals surface area contributed by atoms with Crippen molar-refractivity contribution in [1.82, 2.24) is 4.98 Å². The van der Waals surface area contributed by atoms with Gasteiger partial charge in [0.2, 0.25) is 0 Å². The van der Waals surface area contributed by atoms with Crippen molar-refractivity contribution in [2.75, 3.05) is 7.11 Å². The van der Waals surface area contributed by atoms with E-state index in [9.17, 15) is 26.7 Å². The highest BCUT2D eigenvalue weighted by molar-refractivity contribution is 9.10. The SMILES string of the molecule is COC(=O)c1c(C(F)F)nc(C(F)(F)F)c(Br)c1CC(C)C. The van der Waals surface area contributed by atoms with Gasteiger partial charge in [0.05, 0.1) is 17.1 Å². The monoisotopic (exact) mass is 389 g/mol. The van der Waals surface area contributed by atoms with Gasteiger partial charge in [-0.3, -0.25) is 0 Å². The minimum absolute atomic E-state index is 0.0175. The smallest absolute Gasteiger partial charge is 0.434 e. The summed E-state index contributed by atoms with van der Waals surface area (Å²) in [6.45, 7) is 3.37. The Morgan fingerprint density at radius 1 is 1.32 bits per heavy atom. The summed E-state index contributed by atoms with van der Waals surface area (Å²) >= 11 is 2.74. The zero-order valence-corrected chi connectivity index (χ0v) is 13.5. The number of hydrogen-bond acceptors (Lipinski definition) is 3. The maximum Gasteiger partial charge on any atom is 0.434 e. The zero-order chi connectivity index (χ0) is 17.2. The van der Waals surface area contributed by atoms with Crippen LogP contribution in [0.25, 0.3) is 0 Å². The molecule has 1 aromatic heterocycles. The first-order valence-electron chi connectivity index (χ1n) is 6.16. The fraction of sp³-hybridized carbons (Fsp3) is 0.538. The van der Waals surface area contributed by atoms with Crippen LogP contribution >= 0.6 is 15.9 Å². The Morgan fingerprint density at radius 2 is 1.86 bits per heavy atom. The Bertz CT molecular complexity index is 573. The lowest BCUT2D eigenvalue weighted by molar-refractivity contribution is -0.142. The Labute approximate surface area is 132 Å². The minimum atomic E-state index is -4.93. The van der Waals surface area contributed by atoms with Crippen molar-refractivity contribution in [3.05, 3.63) is 27.0 Å². The van der Waals surface area contributed by atoms with Crippen LogP contribution in [0.15, 0.2) is 4.47 Å². The molecule has 0 unspecified atom stereocenters. The summed E-state index contributed by atoms with van der Waals surface area (Å²) in [4.78, 5) is 14.7. The largest absolute Gasteiger partial charge is 0.465 e. The molecule has 0 spiro atoms. The van der Waals surface area contributed by atoms with Crippen LogP contribution in [0.3, 0.4) is 0 Å². The standard InChI is InChI=1S/C13H13BrF5NO2/c1-5(2)4-6-7(12(21)22-3)9(11(15)16)20-10(8(6)14)13(17,18)19/h5,11H,4H2,1-3H3. The summed E-state index contributed by atoms with van der Waals surface area (Å²) in [6.07, 6.45) is -8.28. The van der Waals surface area contributed by atoms with E-state index < -0.39 is 40.0 Å². The van der Waals surface area contributed by atoms with Gasteiger partial charge in [0.1, 0.15) is 5.69 Å². The zero-order valence-electron chi connectivity index (χ0n) is 11.9. The highest BCUT2D eigenvalue weighted by atomic mass is 79.9. The molecule has 124 valence electrons. The lowest BCUT2D eigenvalue weighted by Crippen LogP contribution is -2.20. The molecule has 0 bridgehead atoms. The molecule has 0 fully saturated rings. The Hall–Kier alpha value is -1.25. The second kappa shape index (κ2) is 6.89. The van der Waals surface area contributed by atoms with Gasteiger partial charge >= 0.3 is 12.1 Å². The summed E-state index contributed by atoms with van der Waals surface area (Å²) < 4.78 is 69.0. The van der Waals surface area contributed by atoms with Crippen LogP contribution in [0.4, 0.5) is 22.0 Å². The molecule has 1 aromatic rings. The molecule has 1 rings (SSSR count). The van der Waals surface area contributed by atoms with Crippen molar-refractivity contribution in [2.24, 2.45) is 5.92 Å². The van der Waals surface area contributed by atoms with Crippen molar-refractivity contribution in [2.45, 2.75) is 32.9 Å². The molecule has 22 heavy (non-hydrogen) atoms. The Morgan fingerprint density at radius 3 is 2.23 bits per heavy atom. The number of methoxy groups -OCH3 is 1. The van der Waals surface area contributed by atoms with Crippen molar-refractivity contribution in [3.63, 3.8) is 0 Å². The number of hydrogen-bond donors (Lipinski definition) is 0. The van der Waals surface area contributed by atoms with Crippen LogP contribution in [0.1, 0.15) is 47.6 Å². The molecule has 0 saturated carbocycles. The van der Waals surface area contributed by atoms with Gasteiger partial charge < -0.3 is 4.74 Å². The highest BCUT2D eigenvalue weighted by Gasteiger charge is 2.40. The van der Waals surface area contributed by atoms with E-state index in [-0.39, 0.29) is 17.9 Å². The quantitative estimate of drug-likeness (QED) is 0.549. The molecule has 0 aliphatic carbocycles. The molecule has 0 aliphatic heterocycles. The Balaban J connectivity index is 3.79. The first-order valence-corrected chi connectivity index (χ1v) is 6.95. The second-order valence-electron chi connectivity index (χ2n) is 4.90. The summed E-state index contributed by atoms with van der Waals surface area (Å²) in [5.41, 5.74) is -3.50. The number of carbonyl (C=O) groups excluding carboxylic acids is 1. The van der Waals surface area contributed by atoms with Gasteiger partial charge in [-0.25, -0.2) is 18.6 Å². The number of rotatable bonds is 4. The molecule has 0 aromatic carbocycles. The van der Waals surface area contributed by atoms with Crippen molar-refractivity contribution >= 4 is 21.9 Å². The fourth-order valence-corrected chi connectivity index (χ4v) is 2.58.